The highest BCUT2D eigenvalue weighted by molar-refractivity contribution is 7.92. The molecule has 6 heteroatoms. The standard InChI is InChI=1S/C12H23NO4S/c1-9-7-13(8-10(9)11(14)15)5-6-18(16,17)12(2,3)4/h9-10H,5-8H2,1-4H3,(H,14,15)/t9-,10-/m1/s1. The van der Waals surface area contributed by atoms with E-state index < -0.39 is 20.6 Å². The predicted octanol–water partition coefficient (Wildman–Crippen LogP) is 0.852. The Labute approximate surface area is 109 Å². The van der Waals surface area contributed by atoms with Crippen LogP contribution in [0.4, 0.5) is 0 Å². The lowest BCUT2D eigenvalue weighted by Crippen LogP contribution is -2.36. The minimum atomic E-state index is -3.13. The first-order valence-corrected chi connectivity index (χ1v) is 7.87. The van der Waals surface area contributed by atoms with Crippen LogP contribution >= 0.6 is 0 Å². The number of rotatable bonds is 4. The molecule has 0 bridgehead atoms. The van der Waals surface area contributed by atoms with E-state index in [9.17, 15) is 13.2 Å². The first-order valence-electron chi connectivity index (χ1n) is 6.22. The molecule has 0 aromatic heterocycles. The summed E-state index contributed by atoms with van der Waals surface area (Å²) in [7, 11) is -3.13. The number of carboxylic acids is 1. The lowest BCUT2D eigenvalue weighted by Gasteiger charge is -2.22. The fourth-order valence-electron chi connectivity index (χ4n) is 2.13. The molecule has 1 fully saturated rings. The van der Waals surface area contributed by atoms with E-state index in [1.54, 1.807) is 20.8 Å². The Morgan fingerprint density at radius 1 is 1.33 bits per heavy atom. The van der Waals surface area contributed by atoms with Crippen molar-refractivity contribution in [3.05, 3.63) is 0 Å². The van der Waals surface area contributed by atoms with Crippen LogP contribution in [0.3, 0.4) is 0 Å². The number of hydrogen-bond acceptors (Lipinski definition) is 4. The van der Waals surface area contributed by atoms with Gasteiger partial charge in [0, 0.05) is 19.6 Å². The Morgan fingerprint density at radius 3 is 2.28 bits per heavy atom. The number of carboxylic acid groups (broad SMARTS) is 1. The summed E-state index contributed by atoms with van der Waals surface area (Å²) >= 11 is 0. The van der Waals surface area contributed by atoms with Crippen molar-refractivity contribution in [2.24, 2.45) is 11.8 Å². The van der Waals surface area contributed by atoms with E-state index in [2.05, 4.69) is 0 Å². The molecule has 1 rings (SSSR count). The highest BCUT2D eigenvalue weighted by Gasteiger charge is 2.36. The van der Waals surface area contributed by atoms with Gasteiger partial charge in [0.2, 0.25) is 0 Å². The monoisotopic (exact) mass is 277 g/mol. The maximum Gasteiger partial charge on any atom is 0.308 e. The quantitative estimate of drug-likeness (QED) is 0.824. The van der Waals surface area contributed by atoms with Crippen LogP contribution in [0.15, 0.2) is 0 Å². The van der Waals surface area contributed by atoms with Gasteiger partial charge in [-0.3, -0.25) is 4.79 Å². The van der Waals surface area contributed by atoms with Crippen molar-refractivity contribution in [3.63, 3.8) is 0 Å². The summed E-state index contributed by atoms with van der Waals surface area (Å²) in [5.74, 6) is -0.985. The summed E-state index contributed by atoms with van der Waals surface area (Å²) in [6.45, 7) is 8.51. The Hall–Kier alpha value is -0.620. The van der Waals surface area contributed by atoms with Crippen molar-refractivity contribution in [2.75, 3.05) is 25.4 Å². The third-order valence-electron chi connectivity index (χ3n) is 3.61. The highest BCUT2D eigenvalue weighted by atomic mass is 32.2. The van der Waals surface area contributed by atoms with E-state index in [0.29, 0.717) is 19.6 Å². The predicted molar refractivity (Wildman–Crippen MR) is 70.3 cm³/mol. The van der Waals surface area contributed by atoms with E-state index in [1.165, 1.54) is 0 Å². The molecule has 1 saturated heterocycles. The number of sulfone groups is 1. The van der Waals surface area contributed by atoms with Crippen molar-refractivity contribution in [3.8, 4) is 0 Å². The van der Waals surface area contributed by atoms with Crippen molar-refractivity contribution in [1.29, 1.82) is 0 Å². The summed E-state index contributed by atoms with van der Waals surface area (Å²) in [6.07, 6.45) is 0. The van der Waals surface area contributed by atoms with Gasteiger partial charge in [0.25, 0.3) is 0 Å². The molecule has 1 N–H and O–H groups in total. The largest absolute Gasteiger partial charge is 0.481 e. The van der Waals surface area contributed by atoms with E-state index in [-0.39, 0.29) is 17.6 Å². The van der Waals surface area contributed by atoms with Crippen LogP contribution in [0.1, 0.15) is 27.7 Å². The van der Waals surface area contributed by atoms with Gasteiger partial charge in [-0.25, -0.2) is 8.42 Å². The first kappa shape index (κ1) is 15.4. The van der Waals surface area contributed by atoms with E-state index in [0.717, 1.165) is 0 Å². The molecule has 0 spiro atoms. The summed E-state index contributed by atoms with van der Waals surface area (Å²) in [5.41, 5.74) is 0. The average Bonchev–Trinajstić information content (AvgIpc) is 2.55. The van der Waals surface area contributed by atoms with Gasteiger partial charge in [-0.2, -0.15) is 0 Å². The lowest BCUT2D eigenvalue weighted by atomic mass is 9.99. The SMILES string of the molecule is C[C@@H]1CN(CCS(=O)(=O)C(C)(C)C)C[C@H]1C(=O)O. The maximum atomic E-state index is 12.0. The third-order valence-corrected chi connectivity index (χ3v) is 6.20. The van der Waals surface area contributed by atoms with Gasteiger partial charge in [0.15, 0.2) is 9.84 Å². The molecule has 1 aliphatic heterocycles. The molecule has 0 saturated carbocycles. The second-order valence-electron chi connectivity index (χ2n) is 6.11. The Kier molecular flexibility index (Phi) is 4.43. The van der Waals surface area contributed by atoms with Gasteiger partial charge in [-0.15, -0.1) is 0 Å². The van der Waals surface area contributed by atoms with E-state index >= 15 is 0 Å². The summed E-state index contributed by atoms with van der Waals surface area (Å²) in [4.78, 5) is 12.9. The molecule has 0 amide bonds. The summed E-state index contributed by atoms with van der Waals surface area (Å²) in [5, 5.41) is 9.01. The van der Waals surface area contributed by atoms with Crippen LogP contribution in [0.25, 0.3) is 0 Å². The number of hydrogen-bond donors (Lipinski definition) is 1. The van der Waals surface area contributed by atoms with Gasteiger partial charge in [0.1, 0.15) is 0 Å². The number of nitrogens with zero attached hydrogens (tertiary/aromatic N) is 1. The smallest absolute Gasteiger partial charge is 0.308 e. The molecule has 0 aliphatic carbocycles. The maximum absolute atomic E-state index is 12.0. The zero-order valence-electron chi connectivity index (χ0n) is 11.5. The molecule has 0 radical (unpaired) electrons. The average molecular weight is 277 g/mol. The number of carbonyl (C=O) groups is 1. The normalized spacial score (nSPS) is 26.4. The van der Waals surface area contributed by atoms with Crippen molar-refractivity contribution in [2.45, 2.75) is 32.4 Å². The molecule has 5 nitrogen and oxygen atoms in total. The van der Waals surface area contributed by atoms with Gasteiger partial charge in [-0.1, -0.05) is 6.92 Å². The summed E-state index contributed by atoms with van der Waals surface area (Å²) in [6, 6.07) is 0. The molecular formula is C12H23NO4S. The van der Waals surface area contributed by atoms with Crippen molar-refractivity contribution >= 4 is 15.8 Å². The Balaban J connectivity index is 2.55. The Morgan fingerprint density at radius 2 is 1.89 bits per heavy atom. The van der Waals surface area contributed by atoms with Crippen LogP contribution in [0.5, 0.6) is 0 Å². The van der Waals surface area contributed by atoms with Gasteiger partial charge in [0.05, 0.1) is 16.4 Å². The molecular weight excluding hydrogens is 254 g/mol. The minimum Gasteiger partial charge on any atom is -0.481 e. The van der Waals surface area contributed by atoms with Crippen molar-refractivity contribution < 1.29 is 18.3 Å². The highest BCUT2D eigenvalue weighted by Crippen LogP contribution is 2.24. The van der Waals surface area contributed by atoms with Crippen LogP contribution in [-0.2, 0) is 14.6 Å². The zero-order chi connectivity index (χ0) is 14.1. The molecule has 1 heterocycles. The van der Waals surface area contributed by atoms with Gasteiger partial charge >= 0.3 is 5.97 Å². The second kappa shape index (κ2) is 5.17. The first-order chi connectivity index (χ1) is 8.04. The van der Waals surface area contributed by atoms with Crippen LogP contribution in [-0.4, -0.2) is 54.5 Å². The molecule has 2 atom stereocenters. The van der Waals surface area contributed by atoms with Crippen LogP contribution in [0, 0.1) is 11.8 Å². The minimum absolute atomic E-state index is 0.0832. The molecule has 0 aromatic rings. The zero-order valence-corrected chi connectivity index (χ0v) is 12.3. The fourth-order valence-corrected chi connectivity index (χ4v) is 3.24. The third kappa shape index (κ3) is 3.45. The number of likely N-dealkylation sites (tertiary alicyclic amines) is 1. The molecule has 0 unspecified atom stereocenters. The second-order valence-corrected chi connectivity index (χ2v) is 8.98. The molecule has 106 valence electrons. The van der Waals surface area contributed by atoms with Gasteiger partial charge < -0.3 is 10.0 Å². The lowest BCUT2D eigenvalue weighted by molar-refractivity contribution is -0.142. The number of aliphatic carboxylic acids is 1. The van der Waals surface area contributed by atoms with E-state index in [1.807, 2.05) is 11.8 Å². The molecule has 0 aromatic carbocycles. The summed E-state index contributed by atoms with van der Waals surface area (Å²) < 4.78 is 23.2. The topological polar surface area (TPSA) is 74.7 Å². The molecule has 1 aliphatic rings. The van der Waals surface area contributed by atoms with Crippen LogP contribution in [0.2, 0.25) is 0 Å². The Bertz CT molecular complexity index is 410. The molecule has 18 heavy (non-hydrogen) atoms. The van der Waals surface area contributed by atoms with Gasteiger partial charge in [-0.05, 0) is 26.7 Å². The fraction of sp³-hybridized carbons (Fsp3) is 0.917. The van der Waals surface area contributed by atoms with Crippen LogP contribution < -0.4 is 0 Å². The van der Waals surface area contributed by atoms with Crippen molar-refractivity contribution in [1.82, 2.24) is 4.90 Å². The van der Waals surface area contributed by atoms with E-state index in [4.69, 9.17) is 5.11 Å².